The highest BCUT2D eigenvalue weighted by Gasteiger charge is 2.31. The number of rotatable bonds is 2. The van der Waals surface area contributed by atoms with Gasteiger partial charge in [0.05, 0.1) is 10.2 Å². The average Bonchev–Trinajstić information content (AvgIpc) is 2.76. The van der Waals surface area contributed by atoms with Crippen LogP contribution in [0, 0.1) is 0 Å². The van der Waals surface area contributed by atoms with Gasteiger partial charge in [-0.2, -0.15) is 0 Å². The van der Waals surface area contributed by atoms with Crippen LogP contribution in [0.25, 0.3) is 21.3 Å². The number of nitrogen functional groups attached to an aromatic ring is 1. The fraction of sp³-hybridized carbons (Fsp3) is 0.0714. The predicted octanol–water partition coefficient (Wildman–Crippen LogP) is 4.44. The number of alkyl halides is 3. The zero-order valence-corrected chi connectivity index (χ0v) is 11.3. The second-order valence-electron chi connectivity index (χ2n) is 4.31. The summed E-state index contributed by atoms with van der Waals surface area (Å²) in [6.45, 7) is 0. The fourth-order valence-corrected chi connectivity index (χ4v) is 2.71. The Morgan fingerprint density at radius 1 is 1.05 bits per heavy atom. The van der Waals surface area contributed by atoms with Crippen molar-refractivity contribution in [3.05, 3.63) is 42.5 Å². The quantitative estimate of drug-likeness (QED) is 0.761. The first-order chi connectivity index (χ1) is 9.90. The standard InChI is InChI=1S/C14H9F3N2OS/c15-14(16,17)20-10-3-1-2-8(6-10)9-4-5-12-11(7-9)19-13(18)21-12/h1-7H,(H2,18,19). The Kier molecular flexibility index (Phi) is 3.21. The van der Waals surface area contributed by atoms with E-state index in [1.807, 2.05) is 12.1 Å². The zero-order valence-electron chi connectivity index (χ0n) is 10.5. The Hall–Kier alpha value is -2.28. The van der Waals surface area contributed by atoms with Crippen LogP contribution in [0.3, 0.4) is 0 Å². The fourth-order valence-electron chi connectivity index (χ4n) is 2.00. The first-order valence-electron chi connectivity index (χ1n) is 5.93. The molecular formula is C14H9F3N2OS. The summed E-state index contributed by atoms with van der Waals surface area (Å²) in [5.41, 5.74) is 7.72. The van der Waals surface area contributed by atoms with Crippen molar-refractivity contribution in [2.75, 3.05) is 5.73 Å². The van der Waals surface area contributed by atoms with E-state index in [1.165, 1.54) is 29.5 Å². The molecule has 0 aliphatic carbocycles. The van der Waals surface area contributed by atoms with Crippen LogP contribution in [0.1, 0.15) is 0 Å². The summed E-state index contributed by atoms with van der Waals surface area (Å²) < 4.78 is 41.6. The minimum absolute atomic E-state index is 0.252. The van der Waals surface area contributed by atoms with Gasteiger partial charge in [-0.15, -0.1) is 13.2 Å². The number of thiazole rings is 1. The van der Waals surface area contributed by atoms with Crippen LogP contribution in [0.2, 0.25) is 0 Å². The van der Waals surface area contributed by atoms with Crippen LogP contribution in [-0.2, 0) is 0 Å². The molecule has 0 amide bonds. The van der Waals surface area contributed by atoms with Crippen molar-refractivity contribution < 1.29 is 17.9 Å². The molecule has 0 atom stereocenters. The molecule has 0 saturated heterocycles. The normalized spacial score (nSPS) is 11.8. The van der Waals surface area contributed by atoms with E-state index >= 15 is 0 Å². The summed E-state index contributed by atoms with van der Waals surface area (Å²) in [7, 11) is 0. The van der Waals surface area contributed by atoms with Crippen LogP contribution in [0.5, 0.6) is 5.75 Å². The third-order valence-electron chi connectivity index (χ3n) is 2.81. The lowest BCUT2D eigenvalue weighted by atomic mass is 10.1. The van der Waals surface area contributed by atoms with Crippen molar-refractivity contribution in [2.24, 2.45) is 0 Å². The summed E-state index contributed by atoms with van der Waals surface area (Å²) in [6, 6.07) is 11.3. The molecule has 0 unspecified atom stereocenters. The Labute approximate surface area is 121 Å². The van der Waals surface area contributed by atoms with E-state index in [9.17, 15) is 13.2 Å². The first kappa shape index (κ1) is 13.7. The number of hydrogen-bond donors (Lipinski definition) is 1. The molecule has 0 spiro atoms. The predicted molar refractivity (Wildman–Crippen MR) is 76.2 cm³/mol. The van der Waals surface area contributed by atoms with E-state index in [4.69, 9.17) is 5.73 Å². The van der Waals surface area contributed by atoms with Crippen LogP contribution < -0.4 is 10.5 Å². The molecule has 1 heterocycles. The van der Waals surface area contributed by atoms with Gasteiger partial charge >= 0.3 is 6.36 Å². The highest BCUT2D eigenvalue weighted by Crippen LogP contribution is 2.31. The molecule has 3 nitrogen and oxygen atoms in total. The molecule has 0 radical (unpaired) electrons. The smallest absolute Gasteiger partial charge is 0.406 e. The molecule has 1 aromatic heterocycles. The summed E-state index contributed by atoms with van der Waals surface area (Å²) >= 11 is 1.36. The molecule has 0 saturated carbocycles. The third kappa shape index (κ3) is 3.08. The van der Waals surface area contributed by atoms with E-state index in [0.717, 1.165) is 15.8 Å². The number of benzene rings is 2. The maximum absolute atomic E-state index is 12.2. The molecule has 0 aliphatic heterocycles. The number of aromatic nitrogens is 1. The topological polar surface area (TPSA) is 48.1 Å². The van der Waals surface area contributed by atoms with Gasteiger partial charge in [-0.1, -0.05) is 29.5 Å². The molecule has 2 aromatic carbocycles. The lowest BCUT2D eigenvalue weighted by Gasteiger charge is -2.10. The number of anilines is 1. The molecule has 0 fully saturated rings. The molecule has 0 aliphatic rings. The highest BCUT2D eigenvalue weighted by atomic mass is 32.1. The molecule has 0 bridgehead atoms. The second-order valence-corrected chi connectivity index (χ2v) is 5.37. The number of nitrogens with zero attached hydrogens (tertiary/aromatic N) is 1. The van der Waals surface area contributed by atoms with Gasteiger partial charge in [0.1, 0.15) is 5.75 Å². The van der Waals surface area contributed by atoms with Gasteiger partial charge in [-0.25, -0.2) is 4.98 Å². The number of fused-ring (bicyclic) bond motifs is 1. The van der Waals surface area contributed by atoms with E-state index in [-0.39, 0.29) is 5.75 Å². The molecule has 7 heteroatoms. The highest BCUT2D eigenvalue weighted by molar-refractivity contribution is 7.22. The van der Waals surface area contributed by atoms with Gasteiger partial charge in [0.15, 0.2) is 5.13 Å². The van der Waals surface area contributed by atoms with Crippen molar-refractivity contribution >= 4 is 26.7 Å². The van der Waals surface area contributed by atoms with Crippen molar-refractivity contribution in [2.45, 2.75) is 6.36 Å². The van der Waals surface area contributed by atoms with Crippen molar-refractivity contribution in [3.8, 4) is 16.9 Å². The van der Waals surface area contributed by atoms with E-state index in [2.05, 4.69) is 9.72 Å². The number of nitrogens with two attached hydrogens (primary N) is 1. The maximum Gasteiger partial charge on any atom is 0.573 e. The lowest BCUT2D eigenvalue weighted by molar-refractivity contribution is -0.274. The number of ether oxygens (including phenoxy) is 1. The molecule has 21 heavy (non-hydrogen) atoms. The van der Waals surface area contributed by atoms with E-state index in [0.29, 0.717) is 10.7 Å². The molecule has 108 valence electrons. The molecule has 3 aromatic rings. The summed E-state index contributed by atoms with van der Waals surface area (Å²) in [4.78, 5) is 4.17. The van der Waals surface area contributed by atoms with Gasteiger partial charge in [-0.3, -0.25) is 0 Å². The Morgan fingerprint density at radius 2 is 1.81 bits per heavy atom. The maximum atomic E-state index is 12.2. The Morgan fingerprint density at radius 3 is 2.57 bits per heavy atom. The van der Waals surface area contributed by atoms with Crippen LogP contribution in [-0.4, -0.2) is 11.3 Å². The Bertz CT molecular complexity index is 798. The van der Waals surface area contributed by atoms with Crippen molar-refractivity contribution in [1.82, 2.24) is 4.98 Å². The minimum Gasteiger partial charge on any atom is -0.406 e. The van der Waals surface area contributed by atoms with E-state index < -0.39 is 6.36 Å². The summed E-state index contributed by atoms with van der Waals surface area (Å²) in [5, 5.41) is 0.455. The van der Waals surface area contributed by atoms with Gasteiger partial charge in [-0.05, 0) is 35.4 Å². The van der Waals surface area contributed by atoms with Gasteiger partial charge in [0.25, 0.3) is 0 Å². The molecular weight excluding hydrogens is 301 g/mol. The van der Waals surface area contributed by atoms with Gasteiger partial charge < -0.3 is 10.5 Å². The zero-order chi connectivity index (χ0) is 15.0. The molecule has 2 N–H and O–H groups in total. The van der Waals surface area contributed by atoms with Gasteiger partial charge in [0.2, 0.25) is 0 Å². The van der Waals surface area contributed by atoms with Crippen LogP contribution in [0.4, 0.5) is 18.3 Å². The van der Waals surface area contributed by atoms with Crippen molar-refractivity contribution in [3.63, 3.8) is 0 Å². The third-order valence-corrected chi connectivity index (χ3v) is 3.67. The number of halogens is 3. The van der Waals surface area contributed by atoms with Crippen LogP contribution in [0.15, 0.2) is 42.5 Å². The minimum atomic E-state index is -4.70. The SMILES string of the molecule is Nc1nc2cc(-c3cccc(OC(F)(F)F)c3)ccc2s1. The van der Waals surface area contributed by atoms with Crippen molar-refractivity contribution in [1.29, 1.82) is 0 Å². The largest absolute Gasteiger partial charge is 0.573 e. The molecule has 3 rings (SSSR count). The first-order valence-corrected chi connectivity index (χ1v) is 6.75. The van der Waals surface area contributed by atoms with Gasteiger partial charge in [0, 0.05) is 0 Å². The number of hydrogen-bond acceptors (Lipinski definition) is 4. The monoisotopic (exact) mass is 310 g/mol. The summed E-state index contributed by atoms with van der Waals surface area (Å²) in [5.74, 6) is -0.252. The second kappa shape index (κ2) is 4.92. The van der Waals surface area contributed by atoms with Crippen LogP contribution >= 0.6 is 11.3 Å². The average molecular weight is 310 g/mol. The Balaban J connectivity index is 1.99. The lowest BCUT2D eigenvalue weighted by Crippen LogP contribution is -2.17. The van der Waals surface area contributed by atoms with E-state index in [1.54, 1.807) is 12.1 Å². The summed E-state index contributed by atoms with van der Waals surface area (Å²) in [6.07, 6.45) is -4.70.